The standard InChI is InChI=1S/C23H38O2/c1-3-5-6-10-20-11-7-8-12-21(20)13-9-19-25-23-16-14-22(15-17-23)24-18-4-2/h14-17,20-21H,3-13,18-19H2,1-2H3. The van der Waals surface area contributed by atoms with Crippen LogP contribution in [0.5, 0.6) is 11.5 Å². The lowest BCUT2D eigenvalue weighted by Gasteiger charge is -2.31. The zero-order valence-electron chi connectivity index (χ0n) is 16.5. The molecule has 0 bridgehead atoms. The van der Waals surface area contributed by atoms with E-state index in [1.54, 1.807) is 0 Å². The summed E-state index contributed by atoms with van der Waals surface area (Å²) in [4.78, 5) is 0. The summed E-state index contributed by atoms with van der Waals surface area (Å²) in [7, 11) is 0. The first-order chi connectivity index (χ1) is 12.3. The maximum atomic E-state index is 5.93. The van der Waals surface area contributed by atoms with Gasteiger partial charge in [0.2, 0.25) is 0 Å². The molecular formula is C23H38O2. The molecule has 0 aliphatic heterocycles. The molecule has 1 aromatic rings. The van der Waals surface area contributed by atoms with Crippen LogP contribution in [0.2, 0.25) is 0 Å². The van der Waals surface area contributed by atoms with Crippen LogP contribution in [-0.2, 0) is 0 Å². The van der Waals surface area contributed by atoms with Crippen LogP contribution in [0.25, 0.3) is 0 Å². The largest absolute Gasteiger partial charge is 0.494 e. The topological polar surface area (TPSA) is 18.5 Å². The fourth-order valence-corrected chi connectivity index (χ4v) is 4.09. The molecule has 1 aromatic carbocycles. The average molecular weight is 347 g/mol. The summed E-state index contributed by atoms with van der Waals surface area (Å²) >= 11 is 0. The number of rotatable bonds is 12. The van der Waals surface area contributed by atoms with Crippen molar-refractivity contribution in [2.45, 2.75) is 84.5 Å². The predicted octanol–water partition coefficient (Wildman–Crippen LogP) is 7.02. The Labute approximate surface area is 155 Å². The SMILES string of the molecule is CCCCCC1CCCCC1CCCOc1ccc(OCCC)cc1. The fourth-order valence-electron chi connectivity index (χ4n) is 4.09. The molecule has 1 fully saturated rings. The molecule has 25 heavy (non-hydrogen) atoms. The third-order valence-corrected chi connectivity index (χ3v) is 5.53. The van der Waals surface area contributed by atoms with Crippen LogP contribution in [0.3, 0.4) is 0 Å². The Hall–Kier alpha value is -1.18. The molecule has 0 heterocycles. The van der Waals surface area contributed by atoms with Gasteiger partial charge in [-0.25, -0.2) is 0 Å². The van der Waals surface area contributed by atoms with E-state index in [0.29, 0.717) is 0 Å². The summed E-state index contributed by atoms with van der Waals surface area (Å²) in [6.45, 7) is 6.05. The first kappa shape index (κ1) is 20.1. The minimum Gasteiger partial charge on any atom is -0.494 e. The summed E-state index contributed by atoms with van der Waals surface area (Å²) in [6.07, 6.45) is 15.0. The molecule has 2 heteroatoms. The van der Waals surface area contributed by atoms with Crippen molar-refractivity contribution in [3.63, 3.8) is 0 Å². The van der Waals surface area contributed by atoms with Gasteiger partial charge in [0, 0.05) is 0 Å². The van der Waals surface area contributed by atoms with Crippen molar-refractivity contribution in [3.8, 4) is 11.5 Å². The van der Waals surface area contributed by atoms with Gasteiger partial charge in [-0.15, -0.1) is 0 Å². The van der Waals surface area contributed by atoms with Crippen LogP contribution in [0.1, 0.15) is 84.5 Å². The van der Waals surface area contributed by atoms with Gasteiger partial charge in [0.1, 0.15) is 11.5 Å². The van der Waals surface area contributed by atoms with E-state index in [1.807, 2.05) is 24.3 Å². The lowest BCUT2D eigenvalue weighted by molar-refractivity contribution is 0.190. The molecule has 0 amide bonds. The van der Waals surface area contributed by atoms with Gasteiger partial charge in [0.25, 0.3) is 0 Å². The molecule has 2 rings (SSSR count). The minimum absolute atomic E-state index is 0.779. The Morgan fingerprint density at radius 1 is 0.720 bits per heavy atom. The Bertz CT molecular complexity index is 440. The molecule has 0 N–H and O–H groups in total. The number of hydrogen-bond acceptors (Lipinski definition) is 2. The molecule has 142 valence electrons. The molecule has 1 saturated carbocycles. The van der Waals surface area contributed by atoms with Crippen LogP contribution in [-0.4, -0.2) is 13.2 Å². The van der Waals surface area contributed by atoms with Crippen molar-refractivity contribution in [1.29, 1.82) is 0 Å². The van der Waals surface area contributed by atoms with Crippen molar-refractivity contribution < 1.29 is 9.47 Å². The lowest BCUT2D eigenvalue weighted by Crippen LogP contribution is -2.20. The van der Waals surface area contributed by atoms with Crippen molar-refractivity contribution in [2.75, 3.05) is 13.2 Å². The molecule has 2 atom stereocenters. The normalized spacial score (nSPS) is 20.4. The maximum absolute atomic E-state index is 5.93. The van der Waals surface area contributed by atoms with Crippen LogP contribution in [0.15, 0.2) is 24.3 Å². The third kappa shape index (κ3) is 7.71. The van der Waals surface area contributed by atoms with E-state index in [4.69, 9.17) is 9.47 Å². The van der Waals surface area contributed by atoms with Gasteiger partial charge in [-0.3, -0.25) is 0 Å². The summed E-state index contributed by atoms with van der Waals surface area (Å²) in [5, 5.41) is 0. The van der Waals surface area contributed by atoms with E-state index in [9.17, 15) is 0 Å². The van der Waals surface area contributed by atoms with Gasteiger partial charge in [-0.2, -0.15) is 0 Å². The van der Waals surface area contributed by atoms with Gasteiger partial charge in [0.05, 0.1) is 13.2 Å². The Balaban J connectivity index is 1.65. The molecule has 0 spiro atoms. The molecule has 0 aromatic heterocycles. The van der Waals surface area contributed by atoms with Gasteiger partial charge in [-0.1, -0.05) is 65.2 Å². The monoisotopic (exact) mass is 346 g/mol. The zero-order chi connectivity index (χ0) is 17.7. The van der Waals surface area contributed by atoms with Crippen LogP contribution >= 0.6 is 0 Å². The quantitative estimate of drug-likeness (QED) is 0.378. The number of benzene rings is 1. The summed E-state index contributed by atoms with van der Waals surface area (Å²) in [5.41, 5.74) is 0. The van der Waals surface area contributed by atoms with E-state index < -0.39 is 0 Å². The Morgan fingerprint density at radius 3 is 1.84 bits per heavy atom. The van der Waals surface area contributed by atoms with Crippen LogP contribution in [0.4, 0.5) is 0 Å². The fraction of sp³-hybridized carbons (Fsp3) is 0.739. The Kier molecular flexibility index (Phi) is 9.84. The van der Waals surface area contributed by atoms with Gasteiger partial charge in [-0.05, 0) is 55.4 Å². The van der Waals surface area contributed by atoms with E-state index in [2.05, 4.69) is 13.8 Å². The molecule has 2 nitrogen and oxygen atoms in total. The second kappa shape index (κ2) is 12.2. The average Bonchev–Trinajstić information content (AvgIpc) is 2.66. The maximum Gasteiger partial charge on any atom is 0.119 e. The molecule has 1 aliphatic carbocycles. The van der Waals surface area contributed by atoms with E-state index in [-0.39, 0.29) is 0 Å². The second-order valence-electron chi connectivity index (χ2n) is 7.61. The van der Waals surface area contributed by atoms with E-state index in [1.165, 1.54) is 64.2 Å². The van der Waals surface area contributed by atoms with E-state index >= 15 is 0 Å². The summed E-state index contributed by atoms with van der Waals surface area (Å²) < 4.78 is 11.5. The van der Waals surface area contributed by atoms with Crippen molar-refractivity contribution in [1.82, 2.24) is 0 Å². The molecular weight excluding hydrogens is 308 g/mol. The number of unbranched alkanes of at least 4 members (excludes halogenated alkanes) is 2. The molecule has 0 radical (unpaired) electrons. The lowest BCUT2D eigenvalue weighted by atomic mass is 9.74. The smallest absolute Gasteiger partial charge is 0.119 e. The minimum atomic E-state index is 0.779. The second-order valence-corrected chi connectivity index (χ2v) is 7.61. The van der Waals surface area contributed by atoms with Gasteiger partial charge < -0.3 is 9.47 Å². The Morgan fingerprint density at radius 2 is 1.28 bits per heavy atom. The summed E-state index contributed by atoms with van der Waals surface area (Å²) in [5.74, 6) is 3.83. The van der Waals surface area contributed by atoms with Crippen molar-refractivity contribution in [2.24, 2.45) is 11.8 Å². The number of hydrogen-bond donors (Lipinski definition) is 0. The van der Waals surface area contributed by atoms with Gasteiger partial charge in [0.15, 0.2) is 0 Å². The molecule has 1 aliphatic rings. The summed E-state index contributed by atoms with van der Waals surface area (Å²) in [6, 6.07) is 8.07. The van der Waals surface area contributed by atoms with Crippen molar-refractivity contribution in [3.05, 3.63) is 24.3 Å². The molecule has 0 saturated heterocycles. The van der Waals surface area contributed by atoms with E-state index in [0.717, 1.165) is 43.0 Å². The van der Waals surface area contributed by atoms with Gasteiger partial charge >= 0.3 is 0 Å². The first-order valence-electron chi connectivity index (χ1n) is 10.7. The highest BCUT2D eigenvalue weighted by atomic mass is 16.5. The predicted molar refractivity (Wildman–Crippen MR) is 107 cm³/mol. The number of ether oxygens (including phenoxy) is 2. The molecule has 2 unspecified atom stereocenters. The van der Waals surface area contributed by atoms with Crippen LogP contribution < -0.4 is 9.47 Å². The highest BCUT2D eigenvalue weighted by molar-refractivity contribution is 5.31. The highest BCUT2D eigenvalue weighted by Gasteiger charge is 2.24. The van der Waals surface area contributed by atoms with Crippen LogP contribution in [0, 0.1) is 11.8 Å². The first-order valence-corrected chi connectivity index (χ1v) is 10.7. The highest BCUT2D eigenvalue weighted by Crippen LogP contribution is 2.36. The third-order valence-electron chi connectivity index (χ3n) is 5.53. The zero-order valence-corrected chi connectivity index (χ0v) is 16.5. The van der Waals surface area contributed by atoms with Crippen molar-refractivity contribution >= 4 is 0 Å².